The van der Waals surface area contributed by atoms with Gasteiger partial charge in [0.1, 0.15) is 16.7 Å². The summed E-state index contributed by atoms with van der Waals surface area (Å²) in [4.78, 5) is 14.5. The Hall–Kier alpha value is -6.03. The Balaban J connectivity index is 0.000000178. The van der Waals surface area contributed by atoms with Gasteiger partial charge in [-0.2, -0.15) is 10.5 Å². The molecule has 0 fully saturated rings. The topological polar surface area (TPSA) is 133 Å². The van der Waals surface area contributed by atoms with Crippen molar-refractivity contribution in [3.8, 4) is 29.5 Å². The van der Waals surface area contributed by atoms with E-state index < -0.39 is 0 Å². The summed E-state index contributed by atoms with van der Waals surface area (Å²) in [7, 11) is 4.81. The van der Waals surface area contributed by atoms with Crippen LogP contribution in [0.1, 0.15) is 22.3 Å². The summed E-state index contributed by atoms with van der Waals surface area (Å²) in [5.41, 5.74) is 6.31. The van der Waals surface area contributed by atoms with Crippen molar-refractivity contribution < 1.29 is 14.2 Å². The number of rotatable bonds is 7. The lowest BCUT2D eigenvalue weighted by Crippen LogP contribution is -1.87. The highest BCUT2D eigenvalue weighted by molar-refractivity contribution is 6.29. The van der Waals surface area contributed by atoms with Gasteiger partial charge in [0.2, 0.25) is 5.88 Å². The zero-order valence-corrected chi connectivity index (χ0v) is 25.4. The third-order valence-corrected chi connectivity index (χ3v) is 7.16. The van der Waals surface area contributed by atoms with E-state index >= 15 is 0 Å². The van der Waals surface area contributed by atoms with Gasteiger partial charge in [0.25, 0.3) is 0 Å². The molecule has 6 rings (SSSR count). The van der Waals surface area contributed by atoms with E-state index in [2.05, 4.69) is 32.1 Å². The number of H-pyrrole nitrogens is 2. The van der Waals surface area contributed by atoms with E-state index in [9.17, 15) is 10.5 Å². The van der Waals surface area contributed by atoms with Gasteiger partial charge in [0, 0.05) is 63.8 Å². The Labute approximate surface area is 264 Å². The fourth-order valence-electron chi connectivity index (χ4n) is 4.64. The fourth-order valence-corrected chi connectivity index (χ4v) is 4.76. The number of nitrogens with zero attached hydrogens (tertiary/aromatic N) is 4. The molecule has 0 aliphatic rings. The first-order chi connectivity index (χ1) is 22.0. The van der Waals surface area contributed by atoms with Crippen LogP contribution in [0.25, 0.3) is 45.1 Å². The molecule has 0 aliphatic carbocycles. The second kappa shape index (κ2) is 14.0. The second-order valence-corrected chi connectivity index (χ2v) is 10.0. The largest absolute Gasteiger partial charge is 0.497 e. The van der Waals surface area contributed by atoms with Gasteiger partial charge >= 0.3 is 0 Å². The summed E-state index contributed by atoms with van der Waals surface area (Å²) < 4.78 is 15.6. The van der Waals surface area contributed by atoms with Gasteiger partial charge in [-0.3, -0.25) is 0 Å². The average Bonchev–Trinajstić information content (AvgIpc) is 3.71. The normalized spacial score (nSPS) is 11.3. The number of nitriles is 2. The Kier molecular flexibility index (Phi) is 9.44. The summed E-state index contributed by atoms with van der Waals surface area (Å²) >= 11 is 5.78. The molecule has 0 spiro atoms. The zero-order valence-electron chi connectivity index (χ0n) is 24.6. The third kappa shape index (κ3) is 6.97. The molecule has 2 aromatic carbocycles. The molecule has 0 aliphatic heterocycles. The number of aromatic amines is 2. The summed E-state index contributed by atoms with van der Waals surface area (Å²) in [6.07, 6.45) is 10.5. The Morgan fingerprint density at radius 1 is 0.689 bits per heavy atom. The lowest BCUT2D eigenvalue weighted by molar-refractivity contribution is 0.398. The number of hydrogen-bond acceptors (Lipinski definition) is 7. The number of fused-ring (bicyclic) bond motifs is 2. The van der Waals surface area contributed by atoms with E-state index in [-0.39, 0.29) is 0 Å². The van der Waals surface area contributed by atoms with Crippen LogP contribution in [0.3, 0.4) is 0 Å². The van der Waals surface area contributed by atoms with E-state index in [1.807, 2.05) is 60.9 Å². The van der Waals surface area contributed by atoms with Crippen LogP contribution >= 0.6 is 11.6 Å². The molecule has 4 aromatic heterocycles. The quantitative estimate of drug-likeness (QED) is 0.138. The molecule has 0 radical (unpaired) electrons. The molecule has 4 heterocycles. The van der Waals surface area contributed by atoms with Crippen molar-refractivity contribution in [1.29, 1.82) is 10.5 Å². The molecule has 222 valence electrons. The van der Waals surface area contributed by atoms with Gasteiger partial charge in [0.05, 0.1) is 44.6 Å². The van der Waals surface area contributed by atoms with Crippen LogP contribution in [-0.4, -0.2) is 41.3 Å². The molecular weight excluding hydrogens is 588 g/mol. The van der Waals surface area contributed by atoms with E-state index in [0.29, 0.717) is 22.2 Å². The lowest BCUT2D eigenvalue weighted by Gasteiger charge is -2.02. The molecule has 2 N–H and O–H groups in total. The van der Waals surface area contributed by atoms with E-state index in [1.165, 1.54) is 0 Å². The maximum atomic E-state index is 9.54. The van der Waals surface area contributed by atoms with Crippen LogP contribution in [0.15, 0.2) is 85.5 Å². The molecule has 0 atom stereocenters. The first kappa shape index (κ1) is 30.4. The third-order valence-electron chi connectivity index (χ3n) is 6.94. The molecule has 9 nitrogen and oxygen atoms in total. The summed E-state index contributed by atoms with van der Waals surface area (Å²) in [5, 5.41) is 21.3. The smallest absolute Gasteiger partial charge is 0.212 e. The number of aromatic nitrogens is 4. The zero-order chi connectivity index (χ0) is 31.8. The van der Waals surface area contributed by atoms with Crippen molar-refractivity contribution in [2.45, 2.75) is 0 Å². The number of nitrogens with one attached hydrogen (secondary N) is 2. The summed E-state index contributed by atoms with van der Waals surface area (Å²) in [6.45, 7) is 0. The van der Waals surface area contributed by atoms with Gasteiger partial charge in [-0.25, -0.2) is 9.97 Å². The Bertz CT molecular complexity index is 2100. The number of methoxy groups -OCH3 is 3. The first-order valence-corrected chi connectivity index (χ1v) is 14.0. The first-order valence-electron chi connectivity index (χ1n) is 13.6. The van der Waals surface area contributed by atoms with Gasteiger partial charge in [-0.15, -0.1) is 0 Å². The summed E-state index contributed by atoms with van der Waals surface area (Å²) in [5.74, 6) is 2.04. The van der Waals surface area contributed by atoms with Crippen molar-refractivity contribution in [2.75, 3.05) is 21.3 Å². The van der Waals surface area contributed by atoms with Gasteiger partial charge < -0.3 is 24.2 Å². The number of hydrogen-bond donors (Lipinski definition) is 2. The molecular formula is C35H27ClN6O3. The molecule has 0 amide bonds. The molecule has 0 bridgehead atoms. The van der Waals surface area contributed by atoms with E-state index in [1.54, 1.807) is 58.0 Å². The highest BCUT2D eigenvalue weighted by Gasteiger charge is 2.11. The van der Waals surface area contributed by atoms with E-state index in [0.717, 1.165) is 55.6 Å². The van der Waals surface area contributed by atoms with Crippen molar-refractivity contribution in [2.24, 2.45) is 0 Å². The highest BCUT2D eigenvalue weighted by atomic mass is 35.5. The minimum absolute atomic E-state index is 0.424. The maximum absolute atomic E-state index is 9.54. The van der Waals surface area contributed by atoms with Crippen LogP contribution in [-0.2, 0) is 0 Å². The van der Waals surface area contributed by atoms with Crippen LogP contribution in [0.5, 0.6) is 17.4 Å². The number of halogens is 1. The van der Waals surface area contributed by atoms with Crippen molar-refractivity contribution in [3.05, 3.63) is 113 Å². The average molecular weight is 615 g/mol. The monoisotopic (exact) mass is 614 g/mol. The molecule has 0 unspecified atom stereocenters. The van der Waals surface area contributed by atoms with Crippen molar-refractivity contribution >= 4 is 56.7 Å². The SMILES string of the molecule is COc1ccc2[nH]cc(/C(C#N)=C/c3ccc(Cl)nc3)c2c1.COc1ccc2[nH]cc(/C(C#N)=C/c3ccc(OC)nc3)c2c1. The molecule has 45 heavy (non-hydrogen) atoms. The molecule has 0 saturated heterocycles. The molecule has 6 aromatic rings. The van der Waals surface area contributed by atoms with Crippen LogP contribution < -0.4 is 14.2 Å². The number of benzene rings is 2. The fraction of sp³-hybridized carbons (Fsp3) is 0.0857. The highest BCUT2D eigenvalue weighted by Crippen LogP contribution is 2.30. The van der Waals surface area contributed by atoms with Crippen LogP contribution in [0.2, 0.25) is 5.15 Å². The standard InChI is InChI=1S/C18H15N3O2.C17H12ClN3O/c1-22-14-4-5-17-15(8-14)16(11-20-17)13(9-19)7-12-3-6-18(23-2)21-10-12;1-22-13-3-4-16-14(7-13)15(10-20-16)12(8-19)6-11-2-5-17(18)21-9-11/h3-8,10-11,20H,1-2H3;2-7,9-10,20H,1H3/b13-7+;12-6+. The predicted octanol–water partition coefficient (Wildman–Crippen LogP) is 7.93. The van der Waals surface area contributed by atoms with E-state index in [4.69, 9.17) is 25.8 Å². The molecule has 0 saturated carbocycles. The molecule has 10 heteroatoms. The maximum Gasteiger partial charge on any atom is 0.212 e. The number of pyridine rings is 2. The second-order valence-electron chi connectivity index (χ2n) is 9.62. The van der Waals surface area contributed by atoms with Gasteiger partial charge in [0.15, 0.2) is 0 Å². The lowest BCUT2D eigenvalue weighted by atomic mass is 10.0. The van der Waals surface area contributed by atoms with Gasteiger partial charge in [-0.1, -0.05) is 17.7 Å². The minimum Gasteiger partial charge on any atom is -0.497 e. The van der Waals surface area contributed by atoms with Gasteiger partial charge in [-0.05, 0) is 71.8 Å². The van der Waals surface area contributed by atoms with Crippen molar-refractivity contribution in [3.63, 3.8) is 0 Å². The number of allylic oxidation sites excluding steroid dienone is 2. The predicted molar refractivity (Wildman–Crippen MR) is 177 cm³/mol. The Morgan fingerprint density at radius 2 is 1.20 bits per heavy atom. The van der Waals surface area contributed by atoms with Crippen LogP contribution in [0.4, 0.5) is 0 Å². The Morgan fingerprint density at radius 3 is 1.60 bits per heavy atom. The van der Waals surface area contributed by atoms with Crippen LogP contribution in [0, 0.1) is 22.7 Å². The minimum atomic E-state index is 0.424. The summed E-state index contributed by atoms with van der Waals surface area (Å²) in [6, 6.07) is 23.1. The number of ether oxygens (including phenoxy) is 3. The van der Waals surface area contributed by atoms with Crippen molar-refractivity contribution in [1.82, 2.24) is 19.9 Å².